The summed E-state index contributed by atoms with van der Waals surface area (Å²) in [4.78, 5) is 25.2. The second kappa shape index (κ2) is 8.21. The molecule has 7 nitrogen and oxygen atoms in total. The van der Waals surface area contributed by atoms with Crippen LogP contribution in [0.5, 0.6) is 17.2 Å². The smallest absolute Gasteiger partial charge is 0.239 e. The van der Waals surface area contributed by atoms with Crippen molar-refractivity contribution in [2.24, 2.45) is 5.41 Å². The van der Waals surface area contributed by atoms with E-state index in [1.165, 1.54) is 0 Å². The number of carbonyl (C=O) groups is 2. The van der Waals surface area contributed by atoms with Crippen molar-refractivity contribution in [1.29, 1.82) is 0 Å². The summed E-state index contributed by atoms with van der Waals surface area (Å²) in [5.74, 6) is 1.30. The third kappa shape index (κ3) is 4.36. The first kappa shape index (κ1) is 19.5. The molecule has 0 atom stereocenters. The Morgan fingerprint density at radius 1 is 1.04 bits per heavy atom. The van der Waals surface area contributed by atoms with Crippen molar-refractivity contribution < 1.29 is 23.8 Å². The van der Waals surface area contributed by atoms with Crippen molar-refractivity contribution in [3.63, 3.8) is 0 Å². The van der Waals surface area contributed by atoms with Gasteiger partial charge in [-0.2, -0.15) is 0 Å². The summed E-state index contributed by atoms with van der Waals surface area (Å²) >= 11 is 0. The molecule has 28 heavy (non-hydrogen) atoms. The standard InChI is InChI=1S/C21H24N2O5/c1-4-26-16-8-6-15(7-9-16)23-20(25)21(2,3)19(24)22-12-14-5-10-17-18(11-14)28-13-27-17/h5-11H,4,12-13H2,1-3H3,(H,22,24)(H,23,25). The Hall–Kier alpha value is -3.22. The average Bonchev–Trinajstić information content (AvgIpc) is 3.15. The van der Waals surface area contributed by atoms with Gasteiger partial charge in [-0.05, 0) is 62.7 Å². The molecule has 0 radical (unpaired) electrons. The third-order valence-corrected chi connectivity index (χ3v) is 4.45. The predicted molar refractivity (Wildman–Crippen MR) is 104 cm³/mol. The number of hydrogen-bond acceptors (Lipinski definition) is 5. The molecular weight excluding hydrogens is 360 g/mol. The molecule has 1 aliphatic rings. The zero-order chi connectivity index (χ0) is 20.1. The topological polar surface area (TPSA) is 85.9 Å². The van der Waals surface area contributed by atoms with Gasteiger partial charge in [-0.25, -0.2) is 0 Å². The highest BCUT2D eigenvalue weighted by atomic mass is 16.7. The Kier molecular flexibility index (Phi) is 5.73. The molecule has 0 saturated heterocycles. The molecule has 0 bridgehead atoms. The van der Waals surface area contributed by atoms with E-state index in [1.807, 2.05) is 19.1 Å². The summed E-state index contributed by atoms with van der Waals surface area (Å²) in [6.07, 6.45) is 0. The van der Waals surface area contributed by atoms with Crippen LogP contribution in [-0.2, 0) is 16.1 Å². The van der Waals surface area contributed by atoms with Gasteiger partial charge in [-0.3, -0.25) is 9.59 Å². The Labute approximate surface area is 164 Å². The molecule has 0 aliphatic carbocycles. The molecular formula is C21H24N2O5. The lowest BCUT2D eigenvalue weighted by atomic mass is 9.90. The van der Waals surface area contributed by atoms with Crippen molar-refractivity contribution in [3.8, 4) is 17.2 Å². The number of fused-ring (bicyclic) bond motifs is 1. The fraction of sp³-hybridized carbons (Fsp3) is 0.333. The van der Waals surface area contributed by atoms with E-state index in [9.17, 15) is 9.59 Å². The van der Waals surface area contributed by atoms with Gasteiger partial charge in [0.15, 0.2) is 11.5 Å². The quantitative estimate of drug-likeness (QED) is 0.717. The zero-order valence-corrected chi connectivity index (χ0v) is 16.2. The van der Waals surface area contributed by atoms with E-state index in [-0.39, 0.29) is 25.2 Å². The number of amides is 2. The number of nitrogens with one attached hydrogen (secondary N) is 2. The molecule has 0 saturated carbocycles. The van der Waals surface area contributed by atoms with Gasteiger partial charge in [0.1, 0.15) is 11.2 Å². The number of ether oxygens (including phenoxy) is 3. The van der Waals surface area contributed by atoms with Crippen LogP contribution in [0.25, 0.3) is 0 Å². The van der Waals surface area contributed by atoms with Crippen LogP contribution in [0.2, 0.25) is 0 Å². The lowest BCUT2D eigenvalue weighted by Crippen LogP contribution is -2.44. The van der Waals surface area contributed by atoms with E-state index in [0.717, 1.165) is 11.3 Å². The maximum absolute atomic E-state index is 12.6. The molecule has 1 aliphatic heterocycles. The summed E-state index contributed by atoms with van der Waals surface area (Å²) in [7, 11) is 0. The highest BCUT2D eigenvalue weighted by Crippen LogP contribution is 2.32. The largest absolute Gasteiger partial charge is 0.494 e. The molecule has 0 unspecified atom stereocenters. The summed E-state index contributed by atoms with van der Waals surface area (Å²) in [6, 6.07) is 12.5. The SMILES string of the molecule is CCOc1ccc(NC(=O)C(C)(C)C(=O)NCc2ccc3c(c2)OCO3)cc1. The van der Waals surface area contributed by atoms with E-state index >= 15 is 0 Å². The molecule has 2 N–H and O–H groups in total. The Morgan fingerprint density at radius 2 is 1.75 bits per heavy atom. The third-order valence-electron chi connectivity index (χ3n) is 4.45. The Morgan fingerprint density at radius 3 is 2.46 bits per heavy atom. The molecule has 7 heteroatoms. The highest BCUT2D eigenvalue weighted by molar-refractivity contribution is 6.09. The summed E-state index contributed by atoms with van der Waals surface area (Å²) in [5, 5.41) is 5.58. The molecule has 148 valence electrons. The van der Waals surface area contributed by atoms with Crippen LogP contribution >= 0.6 is 0 Å². The predicted octanol–water partition coefficient (Wildman–Crippen LogP) is 3.10. The normalized spacial score (nSPS) is 12.4. The van der Waals surface area contributed by atoms with Crippen molar-refractivity contribution >= 4 is 17.5 Å². The molecule has 0 aromatic heterocycles. The van der Waals surface area contributed by atoms with Crippen molar-refractivity contribution in [3.05, 3.63) is 48.0 Å². The Bertz CT molecular complexity index is 862. The van der Waals surface area contributed by atoms with Gasteiger partial charge in [-0.1, -0.05) is 6.07 Å². The summed E-state index contributed by atoms with van der Waals surface area (Å²) in [6.45, 7) is 6.14. The van der Waals surface area contributed by atoms with Gasteiger partial charge in [0.25, 0.3) is 0 Å². The van der Waals surface area contributed by atoms with Gasteiger partial charge in [0.05, 0.1) is 6.61 Å². The average molecular weight is 384 g/mol. The van der Waals surface area contributed by atoms with Gasteiger partial charge < -0.3 is 24.8 Å². The van der Waals surface area contributed by atoms with E-state index in [0.29, 0.717) is 23.8 Å². The molecule has 0 spiro atoms. The molecule has 2 amide bonds. The fourth-order valence-electron chi connectivity index (χ4n) is 2.65. The van der Waals surface area contributed by atoms with Crippen LogP contribution in [0.3, 0.4) is 0 Å². The van der Waals surface area contributed by atoms with Crippen LogP contribution in [0.15, 0.2) is 42.5 Å². The van der Waals surface area contributed by atoms with Crippen LogP contribution < -0.4 is 24.8 Å². The molecule has 0 fully saturated rings. The minimum absolute atomic E-state index is 0.198. The number of rotatable bonds is 7. The first-order chi connectivity index (χ1) is 13.4. The van der Waals surface area contributed by atoms with E-state index < -0.39 is 5.41 Å². The second-order valence-corrected chi connectivity index (χ2v) is 6.91. The van der Waals surface area contributed by atoms with Crippen LogP contribution in [0.1, 0.15) is 26.3 Å². The lowest BCUT2D eigenvalue weighted by Gasteiger charge is -2.23. The van der Waals surface area contributed by atoms with Crippen molar-refractivity contribution in [1.82, 2.24) is 5.32 Å². The van der Waals surface area contributed by atoms with Crippen molar-refractivity contribution in [2.45, 2.75) is 27.3 Å². The number of anilines is 1. The van der Waals surface area contributed by atoms with E-state index in [4.69, 9.17) is 14.2 Å². The minimum atomic E-state index is -1.24. The Balaban J connectivity index is 1.57. The van der Waals surface area contributed by atoms with Gasteiger partial charge >= 0.3 is 0 Å². The minimum Gasteiger partial charge on any atom is -0.494 e. The van der Waals surface area contributed by atoms with Gasteiger partial charge in [0.2, 0.25) is 18.6 Å². The second-order valence-electron chi connectivity index (χ2n) is 6.91. The van der Waals surface area contributed by atoms with Crippen LogP contribution in [-0.4, -0.2) is 25.2 Å². The zero-order valence-electron chi connectivity index (χ0n) is 16.2. The monoisotopic (exact) mass is 384 g/mol. The summed E-state index contributed by atoms with van der Waals surface area (Å²) in [5.41, 5.74) is 0.222. The van der Waals surface area contributed by atoms with Crippen LogP contribution in [0, 0.1) is 5.41 Å². The van der Waals surface area contributed by atoms with Gasteiger partial charge in [-0.15, -0.1) is 0 Å². The molecule has 1 heterocycles. The van der Waals surface area contributed by atoms with Crippen molar-refractivity contribution in [2.75, 3.05) is 18.7 Å². The fourth-order valence-corrected chi connectivity index (χ4v) is 2.65. The molecule has 2 aromatic rings. The first-order valence-electron chi connectivity index (χ1n) is 9.11. The van der Waals surface area contributed by atoms with E-state index in [1.54, 1.807) is 44.2 Å². The number of hydrogen-bond donors (Lipinski definition) is 2. The maximum atomic E-state index is 12.6. The van der Waals surface area contributed by atoms with E-state index in [2.05, 4.69) is 10.6 Å². The number of carbonyl (C=O) groups excluding carboxylic acids is 2. The first-order valence-corrected chi connectivity index (χ1v) is 9.11. The number of benzene rings is 2. The van der Waals surface area contributed by atoms with Gasteiger partial charge in [0, 0.05) is 12.2 Å². The molecule has 2 aromatic carbocycles. The maximum Gasteiger partial charge on any atom is 0.239 e. The lowest BCUT2D eigenvalue weighted by molar-refractivity contribution is -0.138. The highest BCUT2D eigenvalue weighted by Gasteiger charge is 2.36. The summed E-state index contributed by atoms with van der Waals surface area (Å²) < 4.78 is 16.0. The van der Waals surface area contributed by atoms with Crippen LogP contribution in [0.4, 0.5) is 5.69 Å². The molecule has 3 rings (SSSR count).